The van der Waals surface area contributed by atoms with Crippen molar-refractivity contribution in [2.24, 2.45) is 0 Å². The van der Waals surface area contributed by atoms with Gasteiger partial charge < -0.3 is 10.0 Å². The normalized spacial score (nSPS) is 13.1. The van der Waals surface area contributed by atoms with E-state index in [1.54, 1.807) is 19.1 Å². The molecule has 0 saturated carbocycles. The molecule has 90 valence electrons. The molecule has 0 aliphatic carbocycles. The fourth-order valence-corrected chi connectivity index (χ4v) is 1.48. The van der Waals surface area contributed by atoms with E-state index < -0.39 is 6.10 Å². The lowest BCUT2D eigenvalue weighted by molar-refractivity contribution is 0.150. The highest BCUT2D eigenvalue weighted by molar-refractivity contribution is 5.24. The minimum absolute atomic E-state index is 0.250. The molecule has 1 atom stereocenters. The monoisotopic (exact) mass is 225 g/mol. The summed E-state index contributed by atoms with van der Waals surface area (Å²) in [6, 6.07) is 4.92. The smallest absolute Gasteiger partial charge is 0.126 e. The molecule has 1 aromatic carbocycles. The molecule has 1 unspecified atom stereocenters. The van der Waals surface area contributed by atoms with E-state index in [4.69, 9.17) is 0 Å². The molecule has 3 heteroatoms. The van der Waals surface area contributed by atoms with Crippen molar-refractivity contribution in [2.75, 3.05) is 20.1 Å². The van der Waals surface area contributed by atoms with Gasteiger partial charge in [0, 0.05) is 6.54 Å². The third-order valence-electron chi connectivity index (χ3n) is 2.90. The first kappa shape index (κ1) is 13.1. The van der Waals surface area contributed by atoms with Crippen molar-refractivity contribution in [3.05, 3.63) is 35.1 Å². The quantitative estimate of drug-likeness (QED) is 0.832. The van der Waals surface area contributed by atoms with Gasteiger partial charge in [0.15, 0.2) is 0 Å². The van der Waals surface area contributed by atoms with Gasteiger partial charge in [0.1, 0.15) is 5.82 Å². The first-order chi connectivity index (χ1) is 7.54. The Morgan fingerprint density at radius 2 is 2.12 bits per heavy atom. The van der Waals surface area contributed by atoms with Crippen LogP contribution >= 0.6 is 0 Å². The number of hydrogen-bond acceptors (Lipinski definition) is 2. The zero-order valence-electron chi connectivity index (χ0n) is 10.2. The van der Waals surface area contributed by atoms with Gasteiger partial charge in [-0.25, -0.2) is 4.39 Å². The molecule has 0 bridgehead atoms. The summed E-state index contributed by atoms with van der Waals surface area (Å²) in [5.74, 6) is -0.250. The number of benzene rings is 1. The molecule has 0 spiro atoms. The van der Waals surface area contributed by atoms with Gasteiger partial charge in [0.05, 0.1) is 6.10 Å². The highest BCUT2D eigenvalue weighted by atomic mass is 19.1. The largest absolute Gasteiger partial charge is 0.388 e. The first-order valence-electron chi connectivity index (χ1n) is 5.67. The van der Waals surface area contributed by atoms with Gasteiger partial charge >= 0.3 is 0 Å². The number of nitrogens with zero attached hydrogens (tertiary/aromatic N) is 1. The minimum atomic E-state index is -0.580. The molecule has 0 fully saturated rings. The first-order valence-corrected chi connectivity index (χ1v) is 5.67. The van der Waals surface area contributed by atoms with Crippen molar-refractivity contribution in [2.45, 2.75) is 26.4 Å². The lowest BCUT2D eigenvalue weighted by atomic mass is 10.0. The van der Waals surface area contributed by atoms with Crippen LogP contribution in [0.4, 0.5) is 4.39 Å². The SMILES string of the molecule is CCN(C)CCC(O)c1ccc(C)c(F)c1. The Bertz CT molecular complexity index is 341. The summed E-state index contributed by atoms with van der Waals surface area (Å²) < 4.78 is 13.3. The Morgan fingerprint density at radius 1 is 1.44 bits per heavy atom. The summed E-state index contributed by atoms with van der Waals surface area (Å²) in [4.78, 5) is 2.12. The van der Waals surface area contributed by atoms with Crippen LogP contribution in [0.2, 0.25) is 0 Å². The predicted molar refractivity (Wildman–Crippen MR) is 63.9 cm³/mol. The number of aliphatic hydroxyl groups excluding tert-OH is 1. The predicted octanol–water partition coefficient (Wildman–Crippen LogP) is 2.51. The van der Waals surface area contributed by atoms with E-state index in [0.717, 1.165) is 13.1 Å². The van der Waals surface area contributed by atoms with E-state index in [2.05, 4.69) is 11.8 Å². The average molecular weight is 225 g/mol. The second-order valence-electron chi connectivity index (χ2n) is 4.21. The Labute approximate surface area is 96.7 Å². The second-order valence-corrected chi connectivity index (χ2v) is 4.21. The van der Waals surface area contributed by atoms with Gasteiger partial charge in [-0.15, -0.1) is 0 Å². The van der Waals surface area contributed by atoms with Crippen LogP contribution in [0.5, 0.6) is 0 Å². The van der Waals surface area contributed by atoms with Crippen molar-refractivity contribution in [3.63, 3.8) is 0 Å². The van der Waals surface area contributed by atoms with Gasteiger partial charge in [-0.3, -0.25) is 0 Å². The van der Waals surface area contributed by atoms with Crippen molar-refractivity contribution >= 4 is 0 Å². The fraction of sp³-hybridized carbons (Fsp3) is 0.538. The molecule has 0 heterocycles. The molecule has 1 aromatic rings. The number of hydrogen-bond donors (Lipinski definition) is 1. The maximum atomic E-state index is 13.3. The Hall–Kier alpha value is -0.930. The van der Waals surface area contributed by atoms with Crippen LogP contribution in [0.15, 0.2) is 18.2 Å². The fourth-order valence-electron chi connectivity index (χ4n) is 1.48. The Morgan fingerprint density at radius 3 is 2.69 bits per heavy atom. The van der Waals surface area contributed by atoms with Crippen LogP contribution in [0.1, 0.15) is 30.6 Å². The molecule has 0 aliphatic heterocycles. The third kappa shape index (κ3) is 3.58. The zero-order chi connectivity index (χ0) is 12.1. The molecule has 1 N–H and O–H groups in total. The van der Waals surface area contributed by atoms with Gasteiger partial charge in [0.25, 0.3) is 0 Å². The highest BCUT2D eigenvalue weighted by Gasteiger charge is 2.10. The molecule has 16 heavy (non-hydrogen) atoms. The van der Waals surface area contributed by atoms with E-state index in [1.165, 1.54) is 6.07 Å². The standard InChI is InChI=1S/C13H20FNO/c1-4-15(3)8-7-13(16)11-6-5-10(2)12(14)9-11/h5-6,9,13,16H,4,7-8H2,1-3H3. The summed E-state index contributed by atoms with van der Waals surface area (Å²) in [5.41, 5.74) is 1.27. The molecular weight excluding hydrogens is 205 g/mol. The van der Waals surface area contributed by atoms with Gasteiger partial charge in [-0.1, -0.05) is 19.1 Å². The minimum Gasteiger partial charge on any atom is -0.388 e. The average Bonchev–Trinajstić information content (AvgIpc) is 2.29. The highest BCUT2D eigenvalue weighted by Crippen LogP contribution is 2.19. The van der Waals surface area contributed by atoms with Crippen LogP contribution in [0.3, 0.4) is 0 Å². The van der Waals surface area contributed by atoms with E-state index in [0.29, 0.717) is 17.5 Å². The van der Waals surface area contributed by atoms with E-state index >= 15 is 0 Å². The number of rotatable bonds is 5. The summed E-state index contributed by atoms with van der Waals surface area (Å²) in [6.07, 6.45) is 0.0522. The summed E-state index contributed by atoms with van der Waals surface area (Å²) in [5, 5.41) is 9.89. The lowest BCUT2D eigenvalue weighted by Crippen LogP contribution is -2.20. The lowest BCUT2D eigenvalue weighted by Gasteiger charge is -2.17. The maximum Gasteiger partial charge on any atom is 0.126 e. The van der Waals surface area contributed by atoms with Crippen LogP contribution in [-0.4, -0.2) is 30.1 Å². The van der Waals surface area contributed by atoms with E-state index in [1.807, 2.05) is 7.05 Å². The van der Waals surface area contributed by atoms with Crippen LogP contribution < -0.4 is 0 Å². The van der Waals surface area contributed by atoms with Gasteiger partial charge in [-0.05, 0) is 44.1 Å². The van der Waals surface area contributed by atoms with Gasteiger partial charge in [-0.2, -0.15) is 0 Å². The zero-order valence-corrected chi connectivity index (χ0v) is 10.2. The summed E-state index contributed by atoms with van der Waals surface area (Å²) in [6.45, 7) is 5.55. The van der Waals surface area contributed by atoms with E-state index in [9.17, 15) is 9.50 Å². The molecular formula is C13H20FNO. The molecule has 2 nitrogen and oxygen atoms in total. The summed E-state index contributed by atoms with van der Waals surface area (Å²) >= 11 is 0. The molecule has 1 rings (SSSR count). The topological polar surface area (TPSA) is 23.5 Å². The van der Waals surface area contributed by atoms with Gasteiger partial charge in [0.2, 0.25) is 0 Å². The third-order valence-corrected chi connectivity index (χ3v) is 2.90. The van der Waals surface area contributed by atoms with Crippen molar-refractivity contribution in [3.8, 4) is 0 Å². The van der Waals surface area contributed by atoms with Crippen molar-refractivity contribution in [1.29, 1.82) is 0 Å². The Kier molecular flexibility index (Phi) is 4.90. The molecule has 0 aliphatic rings. The van der Waals surface area contributed by atoms with Crippen molar-refractivity contribution < 1.29 is 9.50 Å². The molecule has 0 amide bonds. The Balaban J connectivity index is 2.59. The molecule has 0 saturated heterocycles. The van der Waals surface area contributed by atoms with Crippen molar-refractivity contribution in [1.82, 2.24) is 4.90 Å². The molecule has 0 radical (unpaired) electrons. The molecule has 0 aromatic heterocycles. The number of halogens is 1. The maximum absolute atomic E-state index is 13.3. The number of aryl methyl sites for hydroxylation is 1. The van der Waals surface area contributed by atoms with Crippen LogP contribution in [-0.2, 0) is 0 Å². The van der Waals surface area contributed by atoms with E-state index in [-0.39, 0.29) is 5.82 Å². The summed E-state index contributed by atoms with van der Waals surface area (Å²) in [7, 11) is 2.00. The van der Waals surface area contributed by atoms with Crippen LogP contribution in [0, 0.1) is 12.7 Å². The number of aliphatic hydroxyl groups is 1. The second kappa shape index (κ2) is 5.97. The van der Waals surface area contributed by atoms with Crippen LogP contribution in [0.25, 0.3) is 0 Å².